The maximum Gasteiger partial charge on any atom is 0.0406 e. The zero-order valence-corrected chi connectivity index (χ0v) is 13.5. The minimum atomic E-state index is 0.739. The van der Waals surface area contributed by atoms with Gasteiger partial charge in [-0.25, -0.2) is 0 Å². The molecule has 0 aromatic heterocycles. The molecular formula is C22H17Cl. The highest BCUT2D eigenvalue weighted by atomic mass is 35.5. The second-order valence-corrected chi connectivity index (χ2v) is 5.67. The summed E-state index contributed by atoms with van der Waals surface area (Å²) in [5, 5.41) is 0.739. The number of halogens is 1. The van der Waals surface area contributed by atoms with Crippen LogP contribution in [0.4, 0.5) is 0 Å². The van der Waals surface area contributed by atoms with Crippen LogP contribution in [0, 0.1) is 0 Å². The molecule has 0 aliphatic carbocycles. The SMILES string of the molecule is C=C/C=C(\c1ccc(Cl)cc1)c1ccccc1-c1ccccc1. The van der Waals surface area contributed by atoms with Crippen LogP contribution in [0.25, 0.3) is 16.7 Å². The normalized spacial score (nSPS) is 11.3. The number of hydrogen-bond acceptors (Lipinski definition) is 0. The van der Waals surface area contributed by atoms with Crippen molar-refractivity contribution in [2.75, 3.05) is 0 Å². The molecule has 1 heteroatoms. The van der Waals surface area contributed by atoms with Gasteiger partial charge in [0.1, 0.15) is 0 Å². The molecule has 0 bridgehead atoms. The lowest BCUT2D eigenvalue weighted by atomic mass is 9.90. The average molecular weight is 317 g/mol. The first-order chi connectivity index (χ1) is 11.3. The van der Waals surface area contributed by atoms with E-state index in [-0.39, 0.29) is 0 Å². The van der Waals surface area contributed by atoms with Crippen molar-refractivity contribution < 1.29 is 0 Å². The third-order valence-corrected chi connectivity index (χ3v) is 3.99. The lowest BCUT2D eigenvalue weighted by Crippen LogP contribution is -1.92. The van der Waals surface area contributed by atoms with Crippen molar-refractivity contribution in [3.05, 3.63) is 114 Å². The molecule has 0 aliphatic rings. The van der Waals surface area contributed by atoms with Crippen molar-refractivity contribution in [3.63, 3.8) is 0 Å². The van der Waals surface area contributed by atoms with Crippen molar-refractivity contribution in [2.24, 2.45) is 0 Å². The minimum absolute atomic E-state index is 0.739. The number of allylic oxidation sites excluding steroid dienone is 2. The Kier molecular flexibility index (Phi) is 4.75. The first-order valence-corrected chi connectivity index (χ1v) is 7.91. The maximum atomic E-state index is 6.03. The van der Waals surface area contributed by atoms with Crippen LogP contribution >= 0.6 is 11.6 Å². The molecule has 0 heterocycles. The Morgan fingerprint density at radius 1 is 0.783 bits per heavy atom. The highest BCUT2D eigenvalue weighted by Crippen LogP contribution is 2.33. The summed E-state index contributed by atoms with van der Waals surface area (Å²) < 4.78 is 0. The van der Waals surface area contributed by atoms with E-state index in [1.54, 1.807) is 0 Å². The van der Waals surface area contributed by atoms with E-state index in [2.05, 4.69) is 55.1 Å². The maximum absolute atomic E-state index is 6.03. The predicted molar refractivity (Wildman–Crippen MR) is 101 cm³/mol. The molecule has 3 rings (SSSR count). The molecule has 0 unspecified atom stereocenters. The molecule has 0 radical (unpaired) electrons. The third kappa shape index (κ3) is 3.44. The van der Waals surface area contributed by atoms with E-state index in [1.165, 1.54) is 16.7 Å². The Morgan fingerprint density at radius 3 is 2.13 bits per heavy atom. The third-order valence-electron chi connectivity index (χ3n) is 3.74. The molecule has 0 saturated carbocycles. The Morgan fingerprint density at radius 2 is 1.43 bits per heavy atom. The summed E-state index contributed by atoms with van der Waals surface area (Å²) in [7, 11) is 0. The van der Waals surface area contributed by atoms with Crippen molar-refractivity contribution in [3.8, 4) is 11.1 Å². The number of benzene rings is 3. The molecule has 0 nitrogen and oxygen atoms in total. The molecule has 3 aromatic rings. The molecule has 23 heavy (non-hydrogen) atoms. The highest BCUT2D eigenvalue weighted by Gasteiger charge is 2.10. The first kappa shape index (κ1) is 15.3. The average Bonchev–Trinajstić information content (AvgIpc) is 2.61. The summed E-state index contributed by atoms with van der Waals surface area (Å²) in [6, 6.07) is 26.8. The molecule has 3 aromatic carbocycles. The van der Waals surface area contributed by atoms with Crippen molar-refractivity contribution in [1.29, 1.82) is 0 Å². The van der Waals surface area contributed by atoms with Gasteiger partial charge in [0.25, 0.3) is 0 Å². The van der Waals surface area contributed by atoms with Gasteiger partial charge in [-0.1, -0.05) is 97.1 Å². The van der Waals surface area contributed by atoms with Gasteiger partial charge in [-0.05, 0) is 40.0 Å². The summed E-state index contributed by atoms with van der Waals surface area (Å²) in [6.07, 6.45) is 3.87. The number of hydrogen-bond donors (Lipinski definition) is 0. The smallest absolute Gasteiger partial charge is 0.0406 e. The second-order valence-electron chi connectivity index (χ2n) is 5.23. The standard InChI is InChI=1S/C22H17Cl/c1-2-8-20(18-13-15-19(23)16-14-18)22-12-7-6-11-21(22)17-9-4-3-5-10-17/h2-16H,1H2/b20-8+. The van der Waals surface area contributed by atoms with E-state index in [1.807, 2.05) is 42.5 Å². The molecule has 0 amide bonds. The molecule has 0 saturated heterocycles. The van der Waals surface area contributed by atoms with Crippen LogP contribution in [0.5, 0.6) is 0 Å². The molecule has 0 spiro atoms. The van der Waals surface area contributed by atoms with E-state index in [0.29, 0.717) is 0 Å². The van der Waals surface area contributed by atoms with E-state index >= 15 is 0 Å². The van der Waals surface area contributed by atoms with Crippen LogP contribution in [0.3, 0.4) is 0 Å². The van der Waals surface area contributed by atoms with Gasteiger partial charge in [0.05, 0.1) is 0 Å². The van der Waals surface area contributed by atoms with Crippen LogP contribution in [0.1, 0.15) is 11.1 Å². The van der Waals surface area contributed by atoms with Gasteiger partial charge in [0, 0.05) is 5.02 Å². The fourth-order valence-electron chi connectivity index (χ4n) is 2.68. The largest absolute Gasteiger partial charge is 0.0990 e. The molecule has 0 aliphatic heterocycles. The van der Waals surface area contributed by atoms with Gasteiger partial charge < -0.3 is 0 Å². The Labute approximate surface area is 142 Å². The second kappa shape index (κ2) is 7.13. The monoisotopic (exact) mass is 316 g/mol. The summed E-state index contributed by atoms with van der Waals surface area (Å²) in [5.74, 6) is 0. The van der Waals surface area contributed by atoms with E-state index in [0.717, 1.165) is 16.2 Å². The fourth-order valence-corrected chi connectivity index (χ4v) is 2.80. The summed E-state index contributed by atoms with van der Waals surface area (Å²) >= 11 is 6.03. The topological polar surface area (TPSA) is 0 Å². The van der Waals surface area contributed by atoms with Gasteiger partial charge in [-0.2, -0.15) is 0 Å². The first-order valence-electron chi connectivity index (χ1n) is 7.53. The minimum Gasteiger partial charge on any atom is -0.0990 e. The Balaban J connectivity index is 2.17. The molecule has 0 atom stereocenters. The van der Waals surface area contributed by atoms with Gasteiger partial charge >= 0.3 is 0 Å². The number of rotatable bonds is 4. The van der Waals surface area contributed by atoms with E-state index in [4.69, 9.17) is 11.6 Å². The summed E-state index contributed by atoms with van der Waals surface area (Å²) in [5.41, 5.74) is 5.85. The zero-order valence-electron chi connectivity index (χ0n) is 12.7. The van der Waals surface area contributed by atoms with Gasteiger partial charge in [-0.15, -0.1) is 0 Å². The molecule has 0 fully saturated rings. The summed E-state index contributed by atoms with van der Waals surface area (Å²) in [4.78, 5) is 0. The fraction of sp³-hybridized carbons (Fsp3) is 0. The zero-order chi connectivity index (χ0) is 16.1. The van der Waals surface area contributed by atoms with Crippen molar-refractivity contribution in [2.45, 2.75) is 0 Å². The molecule has 0 N–H and O–H groups in total. The van der Waals surface area contributed by atoms with Crippen LogP contribution < -0.4 is 0 Å². The molecule has 112 valence electrons. The quantitative estimate of drug-likeness (QED) is 0.474. The van der Waals surface area contributed by atoms with Crippen LogP contribution in [-0.2, 0) is 0 Å². The van der Waals surface area contributed by atoms with Gasteiger partial charge in [0.2, 0.25) is 0 Å². The van der Waals surface area contributed by atoms with Crippen LogP contribution in [0.15, 0.2) is 97.6 Å². The van der Waals surface area contributed by atoms with Crippen molar-refractivity contribution >= 4 is 17.2 Å². The van der Waals surface area contributed by atoms with E-state index in [9.17, 15) is 0 Å². The van der Waals surface area contributed by atoms with E-state index < -0.39 is 0 Å². The summed E-state index contributed by atoms with van der Waals surface area (Å²) in [6.45, 7) is 3.87. The molecular weight excluding hydrogens is 300 g/mol. The van der Waals surface area contributed by atoms with Crippen molar-refractivity contribution in [1.82, 2.24) is 0 Å². The van der Waals surface area contributed by atoms with Gasteiger partial charge in [0.15, 0.2) is 0 Å². The van der Waals surface area contributed by atoms with Crippen LogP contribution in [0.2, 0.25) is 5.02 Å². The Bertz CT molecular complexity index is 827. The lowest BCUT2D eigenvalue weighted by Gasteiger charge is -2.14. The Hall–Kier alpha value is -2.57. The lowest BCUT2D eigenvalue weighted by molar-refractivity contribution is 1.53. The highest BCUT2D eigenvalue weighted by molar-refractivity contribution is 6.30. The van der Waals surface area contributed by atoms with Crippen LogP contribution in [-0.4, -0.2) is 0 Å². The predicted octanol–water partition coefficient (Wildman–Crippen LogP) is 6.62. The van der Waals surface area contributed by atoms with Gasteiger partial charge in [-0.3, -0.25) is 0 Å².